The molecule has 0 saturated carbocycles. The molecule has 0 bridgehead atoms. The first-order chi connectivity index (χ1) is 7.18. The summed E-state index contributed by atoms with van der Waals surface area (Å²) < 4.78 is 0. The van der Waals surface area contributed by atoms with Crippen molar-refractivity contribution >= 4 is 17.7 Å². The Morgan fingerprint density at radius 1 is 1.40 bits per heavy atom. The van der Waals surface area contributed by atoms with Crippen molar-refractivity contribution in [3.8, 4) is 0 Å². The maximum absolute atomic E-state index is 11.6. The fourth-order valence-electron chi connectivity index (χ4n) is 1.56. The molecular formula is C9H10N2O3S. The Labute approximate surface area is 89.9 Å². The predicted molar refractivity (Wildman–Crippen MR) is 56.6 cm³/mol. The van der Waals surface area contributed by atoms with E-state index < -0.39 is 5.97 Å². The molecule has 0 radical (unpaired) electrons. The number of aromatic carboxylic acids is 1. The normalized spacial score (nSPS) is 15.5. The Bertz CT molecular complexity index is 455. The van der Waals surface area contributed by atoms with Crippen LogP contribution in [0.15, 0.2) is 4.79 Å². The van der Waals surface area contributed by atoms with Gasteiger partial charge in [0.15, 0.2) is 0 Å². The fraction of sp³-hybridized carbons (Fsp3) is 0.444. The van der Waals surface area contributed by atoms with E-state index in [-0.39, 0.29) is 11.4 Å². The maximum Gasteiger partial charge on any atom is 0.372 e. The Kier molecular flexibility index (Phi) is 2.77. The number of rotatable bonds is 1. The third kappa shape index (κ3) is 2.04. The van der Waals surface area contributed by atoms with Gasteiger partial charge in [0.1, 0.15) is 0 Å². The van der Waals surface area contributed by atoms with Crippen LogP contribution in [0.5, 0.6) is 0 Å². The molecule has 0 aromatic carbocycles. The first-order valence-electron chi connectivity index (χ1n) is 4.61. The Morgan fingerprint density at radius 2 is 2.13 bits per heavy atom. The van der Waals surface area contributed by atoms with Gasteiger partial charge < -0.3 is 10.1 Å². The number of aryl methyl sites for hydroxylation is 1. The van der Waals surface area contributed by atoms with Crippen LogP contribution in [0, 0.1) is 0 Å². The molecule has 5 nitrogen and oxygen atoms in total. The summed E-state index contributed by atoms with van der Waals surface area (Å²) in [6.45, 7) is 0. The van der Waals surface area contributed by atoms with Crippen molar-refractivity contribution in [2.45, 2.75) is 12.8 Å². The molecule has 0 unspecified atom stereocenters. The molecular weight excluding hydrogens is 216 g/mol. The minimum Gasteiger partial charge on any atom is -0.475 e. The summed E-state index contributed by atoms with van der Waals surface area (Å²) in [5.74, 6) is 0.338. The van der Waals surface area contributed by atoms with Crippen molar-refractivity contribution in [1.29, 1.82) is 0 Å². The number of carbonyl (C=O) groups is 1. The van der Waals surface area contributed by atoms with Crippen LogP contribution >= 0.6 is 11.8 Å². The SMILES string of the molecule is O=C(O)c1nc2c(c(=O)[nH]1)CCSCC2. The van der Waals surface area contributed by atoms with E-state index in [1.165, 1.54) is 0 Å². The molecule has 2 N–H and O–H groups in total. The number of thioether (sulfide) groups is 1. The number of aromatic nitrogens is 2. The van der Waals surface area contributed by atoms with E-state index in [9.17, 15) is 9.59 Å². The van der Waals surface area contributed by atoms with Gasteiger partial charge in [0.05, 0.1) is 5.69 Å². The first kappa shape index (κ1) is 10.2. The molecule has 0 atom stereocenters. The van der Waals surface area contributed by atoms with Crippen molar-refractivity contribution in [1.82, 2.24) is 9.97 Å². The zero-order valence-electron chi connectivity index (χ0n) is 7.95. The molecule has 0 spiro atoms. The highest BCUT2D eigenvalue weighted by Crippen LogP contribution is 2.15. The third-order valence-electron chi connectivity index (χ3n) is 2.28. The van der Waals surface area contributed by atoms with Crippen LogP contribution in [0.25, 0.3) is 0 Å². The molecule has 2 heterocycles. The second kappa shape index (κ2) is 4.06. The highest BCUT2D eigenvalue weighted by Gasteiger charge is 2.16. The maximum atomic E-state index is 11.6. The second-order valence-corrected chi connectivity index (χ2v) is 4.48. The molecule has 0 amide bonds. The number of hydrogen-bond donors (Lipinski definition) is 2. The molecule has 0 saturated heterocycles. The summed E-state index contributed by atoms with van der Waals surface area (Å²) in [4.78, 5) is 28.5. The summed E-state index contributed by atoms with van der Waals surface area (Å²) in [7, 11) is 0. The average Bonchev–Trinajstić information content (AvgIpc) is 2.42. The van der Waals surface area contributed by atoms with Gasteiger partial charge >= 0.3 is 5.97 Å². The zero-order valence-corrected chi connectivity index (χ0v) is 8.76. The van der Waals surface area contributed by atoms with Gasteiger partial charge in [0.25, 0.3) is 5.56 Å². The molecule has 1 aromatic rings. The van der Waals surface area contributed by atoms with E-state index >= 15 is 0 Å². The zero-order chi connectivity index (χ0) is 10.8. The number of hydrogen-bond acceptors (Lipinski definition) is 4. The van der Waals surface area contributed by atoms with Crippen LogP contribution in [-0.2, 0) is 12.8 Å². The topological polar surface area (TPSA) is 83.0 Å². The molecule has 0 aliphatic carbocycles. The van der Waals surface area contributed by atoms with Gasteiger partial charge in [-0.15, -0.1) is 0 Å². The highest BCUT2D eigenvalue weighted by molar-refractivity contribution is 7.99. The molecule has 1 aliphatic rings. The smallest absolute Gasteiger partial charge is 0.372 e. The van der Waals surface area contributed by atoms with Crippen molar-refractivity contribution in [2.24, 2.45) is 0 Å². The number of carboxylic acid groups (broad SMARTS) is 1. The van der Waals surface area contributed by atoms with Crippen LogP contribution in [0.4, 0.5) is 0 Å². The minimum atomic E-state index is -1.19. The van der Waals surface area contributed by atoms with E-state index in [2.05, 4.69) is 9.97 Å². The lowest BCUT2D eigenvalue weighted by Gasteiger charge is -2.03. The monoisotopic (exact) mass is 226 g/mol. The standard InChI is InChI=1S/C9H10N2O3S/c12-8-5-1-3-15-4-2-6(5)10-7(11-8)9(13)14/h1-4H2,(H,13,14)(H,10,11,12). The number of aromatic amines is 1. The number of fused-ring (bicyclic) bond motifs is 1. The second-order valence-electron chi connectivity index (χ2n) is 3.26. The van der Waals surface area contributed by atoms with E-state index in [1.54, 1.807) is 11.8 Å². The number of carboxylic acids is 1. The van der Waals surface area contributed by atoms with Crippen LogP contribution in [0.2, 0.25) is 0 Å². The summed E-state index contributed by atoms with van der Waals surface area (Å²) in [5, 5.41) is 8.74. The molecule has 2 rings (SSSR count). The van der Waals surface area contributed by atoms with Gasteiger partial charge in [-0.3, -0.25) is 4.79 Å². The van der Waals surface area contributed by atoms with Gasteiger partial charge in [0, 0.05) is 5.56 Å². The fourth-order valence-corrected chi connectivity index (χ4v) is 2.45. The number of nitrogens with zero attached hydrogens (tertiary/aromatic N) is 1. The summed E-state index contributed by atoms with van der Waals surface area (Å²) in [6.07, 6.45) is 1.34. The lowest BCUT2D eigenvalue weighted by molar-refractivity contribution is 0.0682. The summed E-state index contributed by atoms with van der Waals surface area (Å²) in [6, 6.07) is 0. The van der Waals surface area contributed by atoms with Gasteiger partial charge in [-0.25, -0.2) is 9.78 Å². The first-order valence-corrected chi connectivity index (χ1v) is 5.77. The molecule has 1 aromatic heterocycles. The number of nitrogens with one attached hydrogen (secondary N) is 1. The molecule has 1 aliphatic heterocycles. The Hall–Kier alpha value is -1.30. The lowest BCUT2D eigenvalue weighted by atomic mass is 10.1. The molecule has 15 heavy (non-hydrogen) atoms. The largest absolute Gasteiger partial charge is 0.475 e. The van der Waals surface area contributed by atoms with Crippen molar-refractivity contribution in [3.63, 3.8) is 0 Å². The van der Waals surface area contributed by atoms with Gasteiger partial charge in [-0.05, 0) is 24.3 Å². The van der Waals surface area contributed by atoms with Gasteiger partial charge in [0.2, 0.25) is 5.82 Å². The predicted octanol–water partition coefficient (Wildman–Crippen LogP) is 0.300. The van der Waals surface area contributed by atoms with Crippen LogP contribution < -0.4 is 5.56 Å². The molecule has 6 heteroatoms. The minimum absolute atomic E-state index is 0.259. The highest BCUT2D eigenvalue weighted by atomic mass is 32.2. The van der Waals surface area contributed by atoms with Crippen LogP contribution in [-0.4, -0.2) is 32.5 Å². The van der Waals surface area contributed by atoms with Crippen LogP contribution in [0.1, 0.15) is 21.9 Å². The van der Waals surface area contributed by atoms with Gasteiger partial charge in [-0.2, -0.15) is 11.8 Å². The molecule has 80 valence electrons. The Balaban J connectivity index is 2.53. The van der Waals surface area contributed by atoms with E-state index in [0.717, 1.165) is 11.5 Å². The van der Waals surface area contributed by atoms with E-state index in [4.69, 9.17) is 5.11 Å². The molecule has 0 fully saturated rings. The lowest BCUT2D eigenvalue weighted by Crippen LogP contribution is -2.22. The van der Waals surface area contributed by atoms with Gasteiger partial charge in [-0.1, -0.05) is 0 Å². The van der Waals surface area contributed by atoms with Crippen molar-refractivity contribution in [3.05, 3.63) is 27.4 Å². The van der Waals surface area contributed by atoms with Crippen LogP contribution in [0.3, 0.4) is 0 Å². The average molecular weight is 226 g/mol. The van der Waals surface area contributed by atoms with E-state index in [0.29, 0.717) is 24.1 Å². The number of H-pyrrole nitrogens is 1. The van der Waals surface area contributed by atoms with Crippen molar-refractivity contribution < 1.29 is 9.90 Å². The Morgan fingerprint density at radius 3 is 2.87 bits per heavy atom. The quantitative estimate of drug-likeness (QED) is 0.719. The summed E-state index contributed by atoms with van der Waals surface area (Å²) in [5.41, 5.74) is 0.978. The van der Waals surface area contributed by atoms with E-state index in [1.807, 2.05) is 0 Å². The van der Waals surface area contributed by atoms with Crippen molar-refractivity contribution in [2.75, 3.05) is 11.5 Å². The third-order valence-corrected chi connectivity index (χ3v) is 3.27. The summed E-state index contributed by atoms with van der Waals surface area (Å²) >= 11 is 1.76.